The molecule has 0 aliphatic carbocycles. The summed E-state index contributed by atoms with van der Waals surface area (Å²) in [7, 11) is 1.69. The Morgan fingerprint density at radius 2 is 2.00 bits per heavy atom. The second-order valence-corrected chi connectivity index (χ2v) is 3.46. The molecule has 4 heteroatoms. The van der Waals surface area contributed by atoms with Crippen molar-refractivity contribution in [2.45, 2.75) is 32.9 Å². The van der Waals surface area contributed by atoms with Gasteiger partial charge in [-0.1, -0.05) is 0 Å². The van der Waals surface area contributed by atoms with E-state index < -0.39 is 0 Å². The number of rotatable bonds is 4. The van der Waals surface area contributed by atoms with Gasteiger partial charge in [-0.25, -0.2) is 0 Å². The van der Waals surface area contributed by atoms with E-state index in [2.05, 4.69) is 10.6 Å². The summed E-state index contributed by atoms with van der Waals surface area (Å²) in [6.45, 7) is 6.83. The van der Waals surface area contributed by atoms with Gasteiger partial charge in [-0.3, -0.25) is 0 Å². The van der Waals surface area contributed by atoms with Gasteiger partial charge in [-0.05, 0) is 33.0 Å². The van der Waals surface area contributed by atoms with Gasteiger partial charge in [-0.15, -0.1) is 0 Å². The Balaban J connectivity index is 3.44. The van der Waals surface area contributed by atoms with Crippen LogP contribution in [0.1, 0.15) is 20.8 Å². The molecule has 0 aromatic heterocycles. The summed E-state index contributed by atoms with van der Waals surface area (Å²) in [5.74, 6) is 0. The van der Waals surface area contributed by atoms with Crippen molar-refractivity contribution in [2.24, 2.45) is 0 Å². The van der Waals surface area contributed by atoms with Crippen LogP contribution in [0, 0.1) is 0 Å². The highest BCUT2D eigenvalue weighted by molar-refractivity contribution is 7.80. The number of nitrogens with one attached hydrogen (secondary N) is 2. The highest BCUT2D eigenvalue weighted by atomic mass is 32.1. The Labute approximate surface area is 79.9 Å². The minimum absolute atomic E-state index is 0.192. The summed E-state index contributed by atoms with van der Waals surface area (Å²) in [6.07, 6.45) is 0.192. The van der Waals surface area contributed by atoms with Crippen molar-refractivity contribution in [3.63, 3.8) is 0 Å². The molecule has 3 nitrogen and oxygen atoms in total. The molecule has 72 valence electrons. The maximum atomic E-state index is 5.06. The number of ether oxygens (including phenoxy) is 1. The van der Waals surface area contributed by atoms with Gasteiger partial charge < -0.3 is 15.4 Å². The number of hydrogen-bond donors (Lipinski definition) is 2. The molecule has 0 bridgehead atoms. The van der Waals surface area contributed by atoms with Crippen LogP contribution in [0.2, 0.25) is 0 Å². The molecule has 1 atom stereocenters. The molecular formula is C8H18N2OS. The molecule has 0 fully saturated rings. The van der Waals surface area contributed by atoms with Crippen molar-refractivity contribution in [2.75, 3.05) is 13.7 Å². The summed E-state index contributed by atoms with van der Waals surface area (Å²) in [5.41, 5.74) is 0. The van der Waals surface area contributed by atoms with Gasteiger partial charge in [0, 0.05) is 19.7 Å². The Hall–Kier alpha value is -0.350. The maximum absolute atomic E-state index is 5.06. The van der Waals surface area contributed by atoms with E-state index in [0.717, 1.165) is 6.54 Å². The first-order chi connectivity index (χ1) is 5.56. The average Bonchev–Trinajstić information content (AvgIpc) is 1.99. The van der Waals surface area contributed by atoms with E-state index in [-0.39, 0.29) is 6.10 Å². The third-order valence-electron chi connectivity index (χ3n) is 1.37. The second-order valence-electron chi connectivity index (χ2n) is 3.06. The molecule has 0 rings (SSSR count). The highest BCUT2D eigenvalue weighted by Gasteiger charge is 2.01. The molecule has 1 unspecified atom stereocenters. The largest absolute Gasteiger partial charge is 0.380 e. The van der Waals surface area contributed by atoms with Gasteiger partial charge in [0.1, 0.15) is 0 Å². The Bertz CT molecular complexity index is 139. The first-order valence-electron chi connectivity index (χ1n) is 4.13. The molecule has 0 heterocycles. The van der Waals surface area contributed by atoms with Gasteiger partial charge in [0.2, 0.25) is 0 Å². The van der Waals surface area contributed by atoms with E-state index in [9.17, 15) is 0 Å². The Morgan fingerprint density at radius 1 is 1.42 bits per heavy atom. The molecule has 2 N–H and O–H groups in total. The van der Waals surface area contributed by atoms with Gasteiger partial charge >= 0.3 is 0 Å². The summed E-state index contributed by atoms with van der Waals surface area (Å²) in [6, 6.07) is 0.378. The van der Waals surface area contributed by atoms with E-state index >= 15 is 0 Å². The highest BCUT2D eigenvalue weighted by Crippen LogP contribution is 1.84. The van der Waals surface area contributed by atoms with Gasteiger partial charge in [-0.2, -0.15) is 0 Å². The molecule has 0 saturated carbocycles. The van der Waals surface area contributed by atoms with E-state index in [0.29, 0.717) is 11.2 Å². The van der Waals surface area contributed by atoms with E-state index in [1.165, 1.54) is 0 Å². The molecule has 0 spiro atoms. The van der Waals surface area contributed by atoms with Crippen LogP contribution in [0.4, 0.5) is 0 Å². The summed E-state index contributed by atoms with van der Waals surface area (Å²) in [4.78, 5) is 0. The van der Waals surface area contributed by atoms with E-state index in [4.69, 9.17) is 17.0 Å². The molecule has 0 aromatic rings. The third-order valence-corrected chi connectivity index (χ3v) is 1.63. The van der Waals surface area contributed by atoms with Crippen LogP contribution in [0.5, 0.6) is 0 Å². The molecular weight excluding hydrogens is 172 g/mol. The third kappa shape index (κ3) is 6.37. The lowest BCUT2D eigenvalue weighted by atomic mass is 10.4. The first kappa shape index (κ1) is 11.6. The summed E-state index contributed by atoms with van der Waals surface area (Å²) in [5, 5.41) is 6.84. The summed E-state index contributed by atoms with van der Waals surface area (Å²) >= 11 is 5.02. The maximum Gasteiger partial charge on any atom is 0.166 e. The monoisotopic (exact) mass is 190 g/mol. The standard InChI is InChI=1S/C8H18N2OS/c1-6(2)10-8(12)9-5-7(3)11-4/h6-7H,5H2,1-4H3,(H2,9,10,12). The van der Waals surface area contributed by atoms with Crippen molar-refractivity contribution >= 4 is 17.3 Å². The molecule has 0 saturated heterocycles. The molecule has 0 radical (unpaired) electrons. The first-order valence-corrected chi connectivity index (χ1v) is 4.54. The lowest BCUT2D eigenvalue weighted by Crippen LogP contribution is -2.42. The Kier molecular flexibility index (Phi) is 6.02. The average molecular weight is 190 g/mol. The predicted octanol–water partition coefficient (Wildman–Crippen LogP) is 0.894. The fourth-order valence-corrected chi connectivity index (χ4v) is 0.952. The van der Waals surface area contributed by atoms with Crippen molar-refractivity contribution in [3.8, 4) is 0 Å². The fourth-order valence-electron chi connectivity index (χ4n) is 0.633. The zero-order valence-corrected chi connectivity index (χ0v) is 8.99. The van der Waals surface area contributed by atoms with Crippen molar-refractivity contribution < 1.29 is 4.74 Å². The SMILES string of the molecule is COC(C)CNC(=S)NC(C)C. The fraction of sp³-hybridized carbons (Fsp3) is 0.875. The van der Waals surface area contributed by atoms with Crippen LogP contribution in [-0.2, 0) is 4.74 Å². The number of thiocarbonyl (C=S) groups is 1. The molecule has 0 aromatic carbocycles. The van der Waals surface area contributed by atoms with Crippen molar-refractivity contribution in [1.29, 1.82) is 0 Å². The Morgan fingerprint density at radius 3 is 2.42 bits per heavy atom. The van der Waals surface area contributed by atoms with Crippen LogP contribution in [0.3, 0.4) is 0 Å². The molecule has 0 aliphatic rings. The van der Waals surface area contributed by atoms with Crippen LogP contribution >= 0.6 is 12.2 Å². The number of hydrogen-bond acceptors (Lipinski definition) is 2. The van der Waals surface area contributed by atoms with Crippen LogP contribution < -0.4 is 10.6 Å². The minimum atomic E-state index is 0.192. The lowest BCUT2D eigenvalue weighted by molar-refractivity contribution is 0.121. The van der Waals surface area contributed by atoms with Gasteiger partial charge in [0.05, 0.1) is 6.10 Å². The van der Waals surface area contributed by atoms with Crippen molar-refractivity contribution in [3.05, 3.63) is 0 Å². The molecule has 0 aliphatic heterocycles. The van der Waals surface area contributed by atoms with Crippen molar-refractivity contribution in [1.82, 2.24) is 10.6 Å². The zero-order valence-electron chi connectivity index (χ0n) is 8.18. The van der Waals surface area contributed by atoms with Crippen LogP contribution in [0.15, 0.2) is 0 Å². The lowest BCUT2D eigenvalue weighted by Gasteiger charge is -2.15. The van der Waals surface area contributed by atoms with Gasteiger partial charge in [0.25, 0.3) is 0 Å². The summed E-state index contributed by atoms with van der Waals surface area (Å²) < 4.78 is 5.06. The van der Waals surface area contributed by atoms with E-state index in [1.54, 1.807) is 7.11 Å². The molecule has 0 amide bonds. The quantitative estimate of drug-likeness (QED) is 0.645. The van der Waals surface area contributed by atoms with E-state index in [1.807, 2.05) is 20.8 Å². The second kappa shape index (κ2) is 6.20. The minimum Gasteiger partial charge on any atom is -0.380 e. The number of methoxy groups -OCH3 is 1. The zero-order chi connectivity index (χ0) is 9.56. The topological polar surface area (TPSA) is 33.3 Å². The van der Waals surface area contributed by atoms with Crippen LogP contribution in [-0.4, -0.2) is 30.9 Å². The van der Waals surface area contributed by atoms with Crippen LogP contribution in [0.25, 0.3) is 0 Å². The molecule has 12 heavy (non-hydrogen) atoms. The smallest absolute Gasteiger partial charge is 0.166 e. The van der Waals surface area contributed by atoms with Gasteiger partial charge in [0.15, 0.2) is 5.11 Å². The normalized spacial score (nSPS) is 12.8. The predicted molar refractivity (Wildman–Crippen MR) is 55.3 cm³/mol.